The quantitative estimate of drug-likeness (QED) is 0.477. The van der Waals surface area contributed by atoms with Gasteiger partial charge in [-0.3, -0.25) is 4.98 Å². The van der Waals surface area contributed by atoms with Crippen LogP contribution in [-0.4, -0.2) is 15.0 Å². The highest BCUT2D eigenvalue weighted by molar-refractivity contribution is 14.1. The molecule has 21 heavy (non-hydrogen) atoms. The van der Waals surface area contributed by atoms with Gasteiger partial charge in [0.2, 0.25) is 0 Å². The Morgan fingerprint density at radius 3 is 2.52 bits per heavy atom. The molecule has 0 saturated heterocycles. The lowest BCUT2D eigenvalue weighted by Gasteiger charge is -2.08. The molecule has 0 aliphatic heterocycles. The number of hydrogen-bond donors (Lipinski definition) is 0. The van der Waals surface area contributed by atoms with E-state index < -0.39 is 0 Å². The number of nitrogens with zero attached hydrogens (tertiary/aromatic N) is 3. The lowest BCUT2D eigenvalue weighted by molar-refractivity contribution is 0.959. The minimum absolute atomic E-state index is 0.489. The highest BCUT2D eigenvalue weighted by Crippen LogP contribution is 2.28. The van der Waals surface area contributed by atoms with Crippen LogP contribution < -0.4 is 0 Å². The van der Waals surface area contributed by atoms with Crippen molar-refractivity contribution in [1.29, 1.82) is 0 Å². The first-order valence-electron chi connectivity index (χ1n) is 6.40. The number of hydrogen-bond acceptors (Lipinski definition) is 3. The molecule has 0 atom stereocenters. The highest BCUT2D eigenvalue weighted by Gasteiger charge is 2.12. The Hall–Kier alpha value is -1.53. The van der Waals surface area contributed by atoms with Gasteiger partial charge in [0.05, 0.1) is 9.26 Å². The SMILES string of the molecule is Clc1nc(Cc2cccnc2)nc(-c2ccccc2)c1I. The van der Waals surface area contributed by atoms with E-state index in [0.717, 1.165) is 20.4 Å². The van der Waals surface area contributed by atoms with Crippen molar-refractivity contribution in [2.45, 2.75) is 6.42 Å². The van der Waals surface area contributed by atoms with Gasteiger partial charge in [-0.15, -0.1) is 0 Å². The van der Waals surface area contributed by atoms with Crippen molar-refractivity contribution in [1.82, 2.24) is 15.0 Å². The molecule has 0 unspecified atom stereocenters. The van der Waals surface area contributed by atoms with E-state index in [1.54, 1.807) is 6.20 Å². The first-order chi connectivity index (χ1) is 10.2. The van der Waals surface area contributed by atoms with Crippen LogP contribution in [0.2, 0.25) is 5.15 Å². The van der Waals surface area contributed by atoms with E-state index in [1.165, 1.54) is 0 Å². The monoisotopic (exact) mass is 407 g/mol. The molecule has 0 aliphatic carbocycles. The van der Waals surface area contributed by atoms with Gasteiger partial charge in [0.1, 0.15) is 11.0 Å². The first kappa shape index (κ1) is 14.4. The minimum atomic E-state index is 0.489. The standard InChI is InChI=1S/C16H11ClIN3/c17-16-14(18)15(12-6-2-1-3-7-12)20-13(21-16)9-11-5-4-8-19-10-11/h1-8,10H,9H2. The van der Waals surface area contributed by atoms with Crippen molar-refractivity contribution in [2.75, 3.05) is 0 Å². The zero-order valence-electron chi connectivity index (χ0n) is 11.0. The normalized spacial score (nSPS) is 10.6. The third-order valence-corrected chi connectivity index (χ3v) is 4.60. The number of rotatable bonds is 3. The van der Waals surface area contributed by atoms with Gasteiger partial charge in [-0.05, 0) is 34.2 Å². The third-order valence-electron chi connectivity index (χ3n) is 2.99. The molecule has 0 fully saturated rings. The van der Waals surface area contributed by atoms with E-state index in [-0.39, 0.29) is 0 Å². The van der Waals surface area contributed by atoms with Gasteiger partial charge < -0.3 is 0 Å². The van der Waals surface area contributed by atoms with Crippen LogP contribution in [0.3, 0.4) is 0 Å². The third kappa shape index (κ3) is 3.39. The van der Waals surface area contributed by atoms with Crippen molar-refractivity contribution in [3.8, 4) is 11.3 Å². The fraction of sp³-hybridized carbons (Fsp3) is 0.0625. The molecule has 5 heteroatoms. The molecule has 2 aromatic heterocycles. The summed E-state index contributed by atoms with van der Waals surface area (Å²) >= 11 is 8.45. The Kier molecular flexibility index (Phi) is 4.45. The van der Waals surface area contributed by atoms with Crippen LogP contribution in [0.25, 0.3) is 11.3 Å². The predicted octanol–water partition coefficient (Wildman–Crippen LogP) is 4.39. The van der Waals surface area contributed by atoms with Crippen LogP contribution in [0.1, 0.15) is 11.4 Å². The van der Waals surface area contributed by atoms with Gasteiger partial charge in [0.15, 0.2) is 0 Å². The lowest BCUT2D eigenvalue weighted by atomic mass is 10.1. The second-order valence-corrected chi connectivity index (χ2v) is 5.93. The lowest BCUT2D eigenvalue weighted by Crippen LogP contribution is -2.02. The van der Waals surface area contributed by atoms with Crippen molar-refractivity contribution in [3.05, 3.63) is 75.0 Å². The summed E-state index contributed by atoms with van der Waals surface area (Å²) in [6.45, 7) is 0. The van der Waals surface area contributed by atoms with Crippen molar-refractivity contribution in [2.24, 2.45) is 0 Å². The molecule has 3 nitrogen and oxygen atoms in total. The smallest absolute Gasteiger partial charge is 0.146 e. The van der Waals surface area contributed by atoms with E-state index in [4.69, 9.17) is 11.6 Å². The Balaban J connectivity index is 2.02. The molecule has 104 valence electrons. The van der Waals surface area contributed by atoms with Crippen LogP contribution in [0.5, 0.6) is 0 Å². The van der Waals surface area contributed by atoms with E-state index in [1.807, 2.05) is 48.7 Å². The molecule has 2 heterocycles. The topological polar surface area (TPSA) is 38.7 Å². The maximum absolute atomic E-state index is 6.26. The van der Waals surface area contributed by atoms with Gasteiger partial charge in [-0.25, -0.2) is 9.97 Å². The second kappa shape index (κ2) is 6.49. The van der Waals surface area contributed by atoms with Gasteiger partial charge in [-0.2, -0.15) is 0 Å². The molecule has 0 radical (unpaired) electrons. The largest absolute Gasteiger partial charge is 0.264 e. The zero-order chi connectivity index (χ0) is 14.7. The fourth-order valence-corrected chi connectivity index (χ4v) is 2.75. The van der Waals surface area contributed by atoms with Crippen LogP contribution in [0, 0.1) is 3.57 Å². The Morgan fingerprint density at radius 1 is 1.00 bits per heavy atom. The average Bonchev–Trinajstić information content (AvgIpc) is 2.52. The molecular formula is C16H11ClIN3. The molecule has 0 N–H and O–H groups in total. The number of benzene rings is 1. The van der Waals surface area contributed by atoms with Gasteiger partial charge in [0.25, 0.3) is 0 Å². The van der Waals surface area contributed by atoms with Gasteiger partial charge in [0, 0.05) is 24.4 Å². The van der Waals surface area contributed by atoms with E-state index in [9.17, 15) is 0 Å². The van der Waals surface area contributed by atoms with Crippen LogP contribution in [0.15, 0.2) is 54.9 Å². The average molecular weight is 408 g/mol. The Morgan fingerprint density at radius 2 is 1.81 bits per heavy atom. The molecule has 1 aromatic carbocycles. The summed E-state index contributed by atoms with van der Waals surface area (Å²) in [5.41, 5.74) is 2.97. The van der Waals surface area contributed by atoms with Gasteiger partial charge in [-0.1, -0.05) is 48.0 Å². The summed E-state index contributed by atoms with van der Waals surface area (Å²) in [5.74, 6) is 0.701. The van der Waals surface area contributed by atoms with E-state index in [2.05, 4.69) is 37.5 Å². The van der Waals surface area contributed by atoms with E-state index >= 15 is 0 Å². The molecule has 3 rings (SSSR count). The summed E-state index contributed by atoms with van der Waals surface area (Å²) in [6.07, 6.45) is 4.18. The Labute approximate surface area is 141 Å². The minimum Gasteiger partial charge on any atom is -0.264 e. The maximum Gasteiger partial charge on any atom is 0.146 e. The maximum atomic E-state index is 6.26. The summed E-state index contributed by atoms with van der Waals surface area (Å²) in [5, 5.41) is 0.489. The van der Waals surface area contributed by atoms with Crippen molar-refractivity contribution >= 4 is 34.2 Å². The summed E-state index contributed by atoms with van der Waals surface area (Å²) in [6, 6.07) is 13.9. The molecule has 0 saturated carbocycles. The second-order valence-electron chi connectivity index (χ2n) is 4.50. The molecule has 0 amide bonds. The summed E-state index contributed by atoms with van der Waals surface area (Å²) in [4.78, 5) is 13.2. The summed E-state index contributed by atoms with van der Waals surface area (Å²) in [7, 11) is 0. The highest BCUT2D eigenvalue weighted by atomic mass is 127. The van der Waals surface area contributed by atoms with Crippen LogP contribution >= 0.6 is 34.2 Å². The molecule has 0 aliphatic rings. The molecule has 0 bridgehead atoms. The number of halogens is 2. The Bertz CT molecular complexity index is 748. The molecular weight excluding hydrogens is 397 g/mol. The number of aromatic nitrogens is 3. The van der Waals surface area contributed by atoms with Crippen LogP contribution in [-0.2, 0) is 6.42 Å². The summed E-state index contributed by atoms with van der Waals surface area (Å²) < 4.78 is 0.871. The fourth-order valence-electron chi connectivity index (χ4n) is 2.01. The van der Waals surface area contributed by atoms with E-state index in [0.29, 0.717) is 17.4 Å². The number of pyridine rings is 1. The first-order valence-corrected chi connectivity index (χ1v) is 7.86. The van der Waals surface area contributed by atoms with Crippen molar-refractivity contribution < 1.29 is 0 Å². The molecule has 3 aromatic rings. The van der Waals surface area contributed by atoms with Crippen LogP contribution in [0.4, 0.5) is 0 Å². The van der Waals surface area contributed by atoms with Gasteiger partial charge >= 0.3 is 0 Å². The zero-order valence-corrected chi connectivity index (χ0v) is 13.9. The molecule has 0 spiro atoms. The predicted molar refractivity (Wildman–Crippen MR) is 92.2 cm³/mol. The van der Waals surface area contributed by atoms with Crippen molar-refractivity contribution in [3.63, 3.8) is 0 Å².